The minimum absolute atomic E-state index is 0.0438. The molecule has 1 aromatic rings. The maximum absolute atomic E-state index is 12.4. The summed E-state index contributed by atoms with van der Waals surface area (Å²) in [6.45, 7) is 2.21. The maximum Gasteiger partial charge on any atom is 0.338 e. The molecule has 5 heteroatoms. The zero-order chi connectivity index (χ0) is 17.4. The van der Waals surface area contributed by atoms with Gasteiger partial charge in [0.15, 0.2) is 5.96 Å². The molecule has 1 aliphatic heterocycles. The Morgan fingerprint density at radius 2 is 2.12 bits per heavy atom. The Balaban J connectivity index is 1.95. The summed E-state index contributed by atoms with van der Waals surface area (Å²) in [6.07, 6.45) is 9.94. The van der Waals surface area contributed by atoms with Crippen LogP contribution in [0.2, 0.25) is 0 Å². The van der Waals surface area contributed by atoms with Crippen LogP contribution < -0.4 is 11.1 Å². The standard InChI is InChI=1S/C19H29N3O2/c1-2-3-4-5-6-9-16-10-7-8-14-13-15(22-19(20)21)11-12-17(14)18(23)24-16/h11-13,16H,2-10H2,1H3,(H4,20,21,22). The van der Waals surface area contributed by atoms with Gasteiger partial charge in [-0.2, -0.15) is 0 Å². The highest BCUT2D eigenvalue weighted by Crippen LogP contribution is 2.25. The molecule has 0 bridgehead atoms. The van der Waals surface area contributed by atoms with E-state index in [1.165, 1.54) is 25.7 Å². The highest BCUT2D eigenvalue weighted by Gasteiger charge is 2.21. The summed E-state index contributed by atoms with van der Waals surface area (Å²) in [4.78, 5) is 12.4. The minimum atomic E-state index is -0.224. The van der Waals surface area contributed by atoms with Gasteiger partial charge in [0.05, 0.1) is 5.56 Å². The number of rotatable bonds is 7. The van der Waals surface area contributed by atoms with Crippen molar-refractivity contribution < 1.29 is 9.53 Å². The Hall–Kier alpha value is -2.04. The van der Waals surface area contributed by atoms with E-state index in [0.717, 1.165) is 43.4 Å². The van der Waals surface area contributed by atoms with E-state index in [9.17, 15) is 4.79 Å². The third-order valence-electron chi connectivity index (χ3n) is 4.48. The Labute approximate surface area is 144 Å². The number of benzene rings is 1. The van der Waals surface area contributed by atoms with E-state index < -0.39 is 0 Å². The number of hydrogen-bond donors (Lipinski definition) is 3. The third kappa shape index (κ3) is 5.55. The molecule has 1 aliphatic rings. The van der Waals surface area contributed by atoms with Gasteiger partial charge in [-0.05, 0) is 55.9 Å². The molecule has 24 heavy (non-hydrogen) atoms. The molecule has 0 fully saturated rings. The summed E-state index contributed by atoms with van der Waals surface area (Å²) < 4.78 is 5.72. The van der Waals surface area contributed by atoms with Crippen LogP contribution in [0.5, 0.6) is 0 Å². The van der Waals surface area contributed by atoms with Gasteiger partial charge in [0.25, 0.3) is 0 Å². The van der Waals surface area contributed by atoms with Crippen LogP contribution in [0.25, 0.3) is 0 Å². The van der Waals surface area contributed by atoms with Gasteiger partial charge in [0.1, 0.15) is 6.10 Å². The van der Waals surface area contributed by atoms with Gasteiger partial charge in [0.2, 0.25) is 0 Å². The second-order valence-corrected chi connectivity index (χ2v) is 6.53. The smallest absolute Gasteiger partial charge is 0.338 e. The number of guanidine groups is 1. The van der Waals surface area contributed by atoms with E-state index in [1.54, 1.807) is 12.1 Å². The highest BCUT2D eigenvalue weighted by atomic mass is 16.5. The van der Waals surface area contributed by atoms with Gasteiger partial charge in [-0.1, -0.05) is 32.6 Å². The minimum Gasteiger partial charge on any atom is -0.459 e. The van der Waals surface area contributed by atoms with Crippen molar-refractivity contribution in [1.82, 2.24) is 0 Å². The topological polar surface area (TPSA) is 88.2 Å². The first-order valence-corrected chi connectivity index (χ1v) is 9.05. The van der Waals surface area contributed by atoms with Crippen LogP contribution in [0.1, 0.15) is 74.2 Å². The lowest BCUT2D eigenvalue weighted by molar-refractivity contribution is 0.0238. The maximum atomic E-state index is 12.4. The second kappa shape index (κ2) is 9.30. The lowest BCUT2D eigenvalue weighted by Crippen LogP contribution is -2.23. The van der Waals surface area contributed by atoms with Crippen molar-refractivity contribution in [2.24, 2.45) is 5.73 Å². The summed E-state index contributed by atoms with van der Waals surface area (Å²) >= 11 is 0. The van der Waals surface area contributed by atoms with Crippen LogP contribution in [0.3, 0.4) is 0 Å². The molecule has 1 aromatic carbocycles. The van der Waals surface area contributed by atoms with Crippen molar-refractivity contribution in [1.29, 1.82) is 5.41 Å². The number of carbonyl (C=O) groups is 1. The van der Waals surface area contributed by atoms with E-state index in [0.29, 0.717) is 5.56 Å². The molecule has 4 N–H and O–H groups in total. The number of nitrogens with two attached hydrogens (primary N) is 1. The molecule has 0 saturated heterocycles. The first-order valence-electron chi connectivity index (χ1n) is 9.05. The Bertz CT molecular complexity index is 572. The predicted octanol–water partition coefficient (Wildman–Crippen LogP) is 4.21. The van der Waals surface area contributed by atoms with Crippen LogP contribution in [0, 0.1) is 5.41 Å². The van der Waals surface area contributed by atoms with Gasteiger partial charge in [-0.3, -0.25) is 5.41 Å². The molecular formula is C19H29N3O2. The van der Waals surface area contributed by atoms with Crippen molar-refractivity contribution >= 4 is 17.6 Å². The number of esters is 1. The lowest BCUT2D eigenvalue weighted by Gasteiger charge is -2.22. The van der Waals surface area contributed by atoms with Crippen molar-refractivity contribution in [2.45, 2.75) is 70.8 Å². The fourth-order valence-corrected chi connectivity index (χ4v) is 3.21. The average molecular weight is 331 g/mol. The molecule has 0 spiro atoms. The van der Waals surface area contributed by atoms with Gasteiger partial charge in [-0.25, -0.2) is 4.79 Å². The number of cyclic esters (lactones) is 1. The Kier molecular flexibility index (Phi) is 7.09. The van der Waals surface area contributed by atoms with Gasteiger partial charge in [0, 0.05) is 5.69 Å². The molecule has 1 atom stereocenters. The van der Waals surface area contributed by atoms with Crippen LogP contribution in [-0.4, -0.2) is 18.0 Å². The van der Waals surface area contributed by atoms with Crippen molar-refractivity contribution in [3.63, 3.8) is 0 Å². The summed E-state index contributed by atoms with van der Waals surface area (Å²) in [5.41, 5.74) is 7.70. The van der Waals surface area contributed by atoms with Gasteiger partial charge in [-0.15, -0.1) is 0 Å². The van der Waals surface area contributed by atoms with Crippen LogP contribution in [0.4, 0.5) is 5.69 Å². The average Bonchev–Trinajstić information content (AvgIpc) is 2.52. The SMILES string of the molecule is CCCCCCCC1CCCc2cc(NC(=N)N)ccc2C(=O)O1. The number of fused-ring (bicyclic) bond motifs is 1. The fraction of sp³-hybridized carbons (Fsp3) is 0.579. The number of aryl methyl sites for hydroxylation is 1. The Morgan fingerprint density at radius 3 is 2.88 bits per heavy atom. The lowest BCUT2D eigenvalue weighted by atomic mass is 9.96. The zero-order valence-electron chi connectivity index (χ0n) is 14.6. The number of carbonyl (C=O) groups excluding carboxylic acids is 1. The molecule has 0 amide bonds. The molecule has 5 nitrogen and oxygen atoms in total. The summed E-state index contributed by atoms with van der Waals surface area (Å²) in [6, 6.07) is 5.43. The molecule has 2 rings (SSSR count). The van der Waals surface area contributed by atoms with E-state index in [-0.39, 0.29) is 18.0 Å². The van der Waals surface area contributed by atoms with E-state index in [4.69, 9.17) is 15.9 Å². The molecule has 1 unspecified atom stereocenters. The number of ether oxygens (including phenoxy) is 1. The number of anilines is 1. The third-order valence-corrected chi connectivity index (χ3v) is 4.48. The Morgan fingerprint density at radius 1 is 1.33 bits per heavy atom. The van der Waals surface area contributed by atoms with Crippen molar-refractivity contribution in [2.75, 3.05) is 5.32 Å². The molecule has 0 radical (unpaired) electrons. The van der Waals surface area contributed by atoms with Gasteiger partial charge >= 0.3 is 5.97 Å². The molecule has 0 saturated carbocycles. The predicted molar refractivity (Wildman–Crippen MR) is 97.5 cm³/mol. The number of hydrogen-bond acceptors (Lipinski definition) is 3. The fourth-order valence-electron chi connectivity index (χ4n) is 3.21. The molecule has 0 aliphatic carbocycles. The molecule has 1 heterocycles. The molecule has 0 aromatic heterocycles. The summed E-state index contributed by atoms with van der Waals surface area (Å²) in [5, 5.41) is 10.1. The van der Waals surface area contributed by atoms with Crippen molar-refractivity contribution in [3.8, 4) is 0 Å². The van der Waals surface area contributed by atoms with Crippen molar-refractivity contribution in [3.05, 3.63) is 29.3 Å². The zero-order valence-corrected chi connectivity index (χ0v) is 14.6. The normalized spacial score (nSPS) is 17.4. The van der Waals surface area contributed by atoms with Gasteiger partial charge < -0.3 is 15.8 Å². The van der Waals surface area contributed by atoms with E-state index in [2.05, 4.69) is 12.2 Å². The first kappa shape index (κ1) is 18.3. The molecule has 132 valence electrons. The van der Waals surface area contributed by atoms with Crippen LogP contribution >= 0.6 is 0 Å². The summed E-state index contributed by atoms with van der Waals surface area (Å²) in [5.74, 6) is -0.329. The van der Waals surface area contributed by atoms with Crippen LogP contribution in [0.15, 0.2) is 18.2 Å². The number of nitrogens with one attached hydrogen (secondary N) is 2. The monoisotopic (exact) mass is 331 g/mol. The van der Waals surface area contributed by atoms with Crippen LogP contribution in [-0.2, 0) is 11.2 Å². The van der Waals surface area contributed by atoms with E-state index >= 15 is 0 Å². The second-order valence-electron chi connectivity index (χ2n) is 6.53. The quantitative estimate of drug-likeness (QED) is 0.302. The number of unbranched alkanes of at least 4 members (excludes halogenated alkanes) is 4. The largest absolute Gasteiger partial charge is 0.459 e. The molecular weight excluding hydrogens is 302 g/mol. The highest BCUT2D eigenvalue weighted by molar-refractivity contribution is 5.94. The first-order chi connectivity index (χ1) is 11.6. The van der Waals surface area contributed by atoms with E-state index in [1.807, 2.05) is 6.07 Å². The summed E-state index contributed by atoms with van der Waals surface area (Å²) in [7, 11) is 0.